The van der Waals surface area contributed by atoms with Crippen molar-refractivity contribution in [2.24, 2.45) is 0 Å². The number of aliphatic hydroxyl groups excluding tert-OH is 1. The molecule has 6 heteroatoms. The number of ketones is 1. The van der Waals surface area contributed by atoms with E-state index in [0.29, 0.717) is 5.06 Å². The minimum atomic E-state index is -1.68. The Bertz CT molecular complexity index is 474. The van der Waals surface area contributed by atoms with Gasteiger partial charge >= 0.3 is 0 Å². The first-order valence-electron chi connectivity index (χ1n) is 4.45. The Labute approximate surface area is 90.0 Å². The number of benzene rings is 1. The van der Waals surface area contributed by atoms with Gasteiger partial charge in [0.2, 0.25) is 12.0 Å². The van der Waals surface area contributed by atoms with E-state index < -0.39 is 23.7 Å². The number of hydroxylamine groups is 2. The van der Waals surface area contributed by atoms with Crippen LogP contribution in [0.3, 0.4) is 0 Å². The lowest BCUT2D eigenvalue weighted by atomic mass is 9.98. The van der Waals surface area contributed by atoms with Gasteiger partial charge in [-0.05, 0) is 18.2 Å². The summed E-state index contributed by atoms with van der Waals surface area (Å²) in [4.78, 5) is 27.8. The zero-order valence-electron chi connectivity index (χ0n) is 8.31. The number of hydrogen-bond acceptors (Lipinski definition) is 4. The van der Waals surface area contributed by atoms with Gasteiger partial charge in [-0.2, -0.15) is 5.06 Å². The topological polar surface area (TPSA) is 66.8 Å². The van der Waals surface area contributed by atoms with E-state index in [2.05, 4.69) is 4.84 Å². The van der Waals surface area contributed by atoms with E-state index in [1.807, 2.05) is 0 Å². The summed E-state index contributed by atoms with van der Waals surface area (Å²) in [5.74, 6) is -2.08. The number of rotatable bonds is 1. The molecule has 0 fully saturated rings. The molecule has 1 aromatic rings. The number of nitrogens with zero attached hydrogens (tertiary/aromatic N) is 1. The van der Waals surface area contributed by atoms with Crippen LogP contribution in [0.25, 0.3) is 0 Å². The Morgan fingerprint density at radius 2 is 2.06 bits per heavy atom. The molecule has 0 saturated heterocycles. The van der Waals surface area contributed by atoms with Crippen LogP contribution in [0.1, 0.15) is 20.7 Å². The van der Waals surface area contributed by atoms with E-state index in [1.54, 1.807) is 0 Å². The Hall–Kier alpha value is -1.79. The molecular formula is C10H8FNO4. The van der Waals surface area contributed by atoms with Gasteiger partial charge in [0.05, 0.1) is 12.7 Å². The summed E-state index contributed by atoms with van der Waals surface area (Å²) in [7, 11) is 1.14. The molecule has 84 valence electrons. The molecule has 1 atom stereocenters. The van der Waals surface area contributed by atoms with Gasteiger partial charge in [-0.15, -0.1) is 0 Å². The van der Waals surface area contributed by atoms with Gasteiger partial charge in [-0.25, -0.2) is 4.39 Å². The Kier molecular flexibility index (Phi) is 2.45. The van der Waals surface area contributed by atoms with Crippen molar-refractivity contribution in [1.29, 1.82) is 0 Å². The molecule has 1 heterocycles. The fourth-order valence-corrected chi connectivity index (χ4v) is 1.57. The van der Waals surface area contributed by atoms with E-state index in [1.165, 1.54) is 6.07 Å². The van der Waals surface area contributed by atoms with Crippen LogP contribution in [0.2, 0.25) is 0 Å². The maximum atomic E-state index is 12.9. The summed E-state index contributed by atoms with van der Waals surface area (Å²) in [6.45, 7) is 0. The van der Waals surface area contributed by atoms with Crippen molar-refractivity contribution in [2.75, 3.05) is 7.11 Å². The van der Waals surface area contributed by atoms with Crippen molar-refractivity contribution >= 4 is 11.7 Å². The van der Waals surface area contributed by atoms with Crippen LogP contribution in [0.5, 0.6) is 0 Å². The molecule has 1 unspecified atom stereocenters. The van der Waals surface area contributed by atoms with Crippen LogP contribution in [0.4, 0.5) is 4.39 Å². The monoisotopic (exact) mass is 225 g/mol. The highest BCUT2D eigenvalue weighted by atomic mass is 19.1. The first-order chi connectivity index (χ1) is 7.56. The third-order valence-electron chi connectivity index (χ3n) is 2.33. The van der Waals surface area contributed by atoms with Gasteiger partial charge in [-0.1, -0.05) is 0 Å². The van der Waals surface area contributed by atoms with Gasteiger partial charge in [0.15, 0.2) is 0 Å². The lowest BCUT2D eigenvalue weighted by Gasteiger charge is -2.29. The molecule has 1 N–H and O–H groups in total. The van der Waals surface area contributed by atoms with Crippen molar-refractivity contribution in [1.82, 2.24) is 5.06 Å². The molecule has 0 aromatic heterocycles. The quantitative estimate of drug-likeness (QED) is 0.748. The van der Waals surface area contributed by atoms with E-state index in [4.69, 9.17) is 0 Å². The molecule has 0 spiro atoms. The van der Waals surface area contributed by atoms with Crippen molar-refractivity contribution in [3.63, 3.8) is 0 Å². The molecule has 0 saturated carbocycles. The van der Waals surface area contributed by atoms with E-state index >= 15 is 0 Å². The van der Waals surface area contributed by atoms with Crippen molar-refractivity contribution < 1.29 is 23.9 Å². The standard InChI is InChI=1S/C10H8FNO4/c1-16-12-9(14)7-4-5(11)2-3-6(7)8(13)10(12)15/h2-4,10,15H,1H3. The Morgan fingerprint density at radius 3 is 2.69 bits per heavy atom. The van der Waals surface area contributed by atoms with Crippen LogP contribution in [-0.4, -0.2) is 35.2 Å². The van der Waals surface area contributed by atoms with Crippen LogP contribution in [0.15, 0.2) is 18.2 Å². The van der Waals surface area contributed by atoms with Crippen molar-refractivity contribution in [2.45, 2.75) is 6.23 Å². The number of hydrogen-bond donors (Lipinski definition) is 1. The maximum Gasteiger partial charge on any atom is 0.281 e. The van der Waals surface area contributed by atoms with Gasteiger partial charge in [-0.3, -0.25) is 14.4 Å². The summed E-state index contributed by atoms with van der Waals surface area (Å²) in [6.07, 6.45) is -1.68. The molecule has 1 aliphatic rings. The second-order valence-corrected chi connectivity index (χ2v) is 3.24. The predicted octanol–water partition coefficient (Wildman–Crippen LogP) is 0.344. The van der Waals surface area contributed by atoms with Crippen LogP contribution in [0, 0.1) is 5.82 Å². The largest absolute Gasteiger partial charge is 0.365 e. The second-order valence-electron chi connectivity index (χ2n) is 3.24. The molecule has 2 rings (SSSR count). The number of fused-ring (bicyclic) bond motifs is 1. The van der Waals surface area contributed by atoms with E-state index in [-0.39, 0.29) is 11.1 Å². The average Bonchev–Trinajstić information content (AvgIpc) is 2.27. The number of carbonyl (C=O) groups excluding carboxylic acids is 2. The zero-order chi connectivity index (χ0) is 11.9. The Morgan fingerprint density at radius 1 is 1.38 bits per heavy atom. The summed E-state index contributed by atoms with van der Waals surface area (Å²) in [6, 6.07) is 3.16. The molecule has 0 radical (unpaired) electrons. The first kappa shape index (κ1) is 10.7. The number of amides is 1. The first-order valence-corrected chi connectivity index (χ1v) is 4.45. The molecular weight excluding hydrogens is 217 g/mol. The number of aliphatic hydroxyl groups is 1. The minimum absolute atomic E-state index is 0.00722. The molecule has 0 aliphatic carbocycles. The van der Waals surface area contributed by atoms with Crippen LogP contribution >= 0.6 is 0 Å². The fraction of sp³-hybridized carbons (Fsp3) is 0.200. The second kappa shape index (κ2) is 3.66. The number of halogens is 1. The van der Waals surface area contributed by atoms with Crippen molar-refractivity contribution in [3.8, 4) is 0 Å². The molecule has 5 nitrogen and oxygen atoms in total. The maximum absolute atomic E-state index is 12.9. The van der Waals surface area contributed by atoms with Crippen LogP contribution in [-0.2, 0) is 4.84 Å². The van der Waals surface area contributed by atoms with Gasteiger partial charge in [0, 0.05) is 5.56 Å². The summed E-state index contributed by atoms with van der Waals surface area (Å²) < 4.78 is 12.9. The third kappa shape index (κ3) is 1.39. The smallest absolute Gasteiger partial charge is 0.281 e. The van der Waals surface area contributed by atoms with Gasteiger partial charge in [0.25, 0.3) is 5.91 Å². The lowest BCUT2D eigenvalue weighted by molar-refractivity contribution is -0.167. The average molecular weight is 225 g/mol. The van der Waals surface area contributed by atoms with Crippen molar-refractivity contribution in [3.05, 3.63) is 35.1 Å². The lowest BCUT2D eigenvalue weighted by Crippen LogP contribution is -2.48. The van der Waals surface area contributed by atoms with E-state index in [0.717, 1.165) is 19.2 Å². The summed E-state index contributed by atoms with van der Waals surface area (Å²) >= 11 is 0. The Balaban J connectivity index is 2.60. The molecule has 16 heavy (non-hydrogen) atoms. The molecule has 0 bridgehead atoms. The molecule has 1 aliphatic heterocycles. The summed E-state index contributed by atoms with van der Waals surface area (Å²) in [5.41, 5.74) is -0.121. The minimum Gasteiger partial charge on any atom is -0.365 e. The molecule has 1 aromatic carbocycles. The normalized spacial score (nSPS) is 19.9. The zero-order valence-corrected chi connectivity index (χ0v) is 8.31. The molecule has 1 amide bonds. The van der Waals surface area contributed by atoms with Crippen LogP contribution < -0.4 is 0 Å². The predicted molar refractivity (Wildman–Crippen MR) is 49.9 cm³/mol. The van der Waals surface area contributed by atoms with Gasteiger partial charge in [0.1, 0.15) is 5.82 Å². The fourth-order valence-electron chi connectivity index (χ4n) is 1.57. The van der Waals surface area contributed by atoms with E-state index in [9.17, 15) is 19.1 Å². The third-order valence-corrected chi connectivity index (χ3v) is 2.33. The SMILES string of the molecule is CON1C(=O)c2cc(F)ccc2C(=O)C1O. The number of carbonyl (C=O) groups is 2. The number of Topliss-reactive ketones (excluding diaryl/α,β-unsaturated/α-hetero) is 1. The summed E-state index contributed by atoms with van der Waals surface area (Å²) in [5, 5.41) is 9.96. The highest BCUT2D eigenvalue weighted by molar-refractivity contribution is 6.14. The van der Waals surface area contributed by atoms with Gasteiger partial charge < -0.3 is 5.11 Å². The highest BCUT2D eigenvalue weighted by Gasteiger charge is 2.38. The highest BCUT2D eigenvalue weighted by Crippen LogP contribution is 2.23.